The lowest BCUT2D eigenvalue weighted by atomic mass is 9.65. The molecule has 0 aromatic heterocycles. The Morgan fingerprint density at radius 1 is 0.727 bits per heavy atom. The van der Waals surface area contributed by atoms with Crippen LogP contribution in [0.1, 0.15) is 77.0 Å². The van der Waals surface area contributed by atoms with Crippen LogP contribution in [0, 0.1) is 10.8 Å². The van der Waals surface area contributed by atoms with E-state index in [1.54, 1.807) is 0 Å². The number of aliphatic carboxylic acids is 2. The Kier molecular flexibility index (Phi) is 5.24. The van der Waals surface area contributed by atoms with Crippen LogP contribution in [0.15, 0.2) is 0 Å². The molecule has 2 aliphatic rings. The van der Waals surface area contributed by atoms with Crippen molar-refractivity contribution in [3.05, 3.63) is 0 Å². The minimum absolute atomic E-state index is 0.139. The van der Waals surface area contributed by atoms with Crippen LogP contribution in [0.2, 0.25) is 0 Å². The molecule has 2 saturated carbocycles. The quantitative estimate of drug-likeness (QED) is 0.645. The van der Waals surface area contributed by atoms with E-state index in [1.807, 2.05) is 0 Å². The van der Waals surface area contributed by atoms with Crippen molar-refractivity contribution in [2.45, 2.75) is 77.0 Å². The second kappa shape index (κ2) is 6.80. The monoisotopic (exact) mass is 310 g/mol. The van der Waals surface area contributed by atoms with Crippen molar-refractivity contribution >= 4 is 17.7 Å². The van der Waals surface area contributed by atoms with Gasteiger partial charge in [-0.05, 0) is 51.4 Å². The number of carbonyl (C=O) groups excluding carboxylic acids is 1. The van der Waals surface area contributed by atoms with Gasteiger partial charge in [-0.15, -0.1) is 0 Å². The molecule has 0 heterocycles. The number of Topliss-reactive ketones (excluding diaryl/α,β-unsaturated/α-hetero) is 1. The van der Waals surface area contributed by atoms with Gasteiger partial charge in [-0.3, -0.25) is 14.4 Å². The van der Waals surface area contributed by atoms with Gasteiger partial charge in [0.05, 0.1) is 10.8 Å². The average Bonchev–Trinajstić information content (AvgIpc) is 2.34. The van der Waals surface area contributed by atoms with Gasteiger partial charge in [-0.1, -0.05) is 12.8 Å². The lowest BCUT2D eigenvalue weighted by molar-refractivity contribution is -0.156. The molecular weight excluding hydrogens is 284 g/mol. The number of carboxylic acids is 2. The topological polar surface area (TPSA) is 91.7 Å². The first-order valence-electron chi connectivity index (χ1n) is 8.39. The first-order valence-corrected chi connectivity index (χ1v) is 8.39. The fourth-order valence-electron chi connectivity index (χ4n) is 3.72. The van der Waals surface area contributed by atoms with E-state index >= 15 is 0 Å². The largest absolute Gasteiger partial charge is 0.481 e. The van der Waals surface area contributed by atoms with Crippen LogP contribution in [-0.2, 0) is 14.4 Å². The van der Waals surface area contributed by atoms with E-state index in [1.165, 1.54) is 0 Å². The van der Waals surface area contributed by atoms with Gasteiger partial charge in [0.15, 0.2) is 0 Å². The van der Waals surface area contributed by atoms with Gasteiger partial charge in [0.1, 0.15) is 5.78 Å². The van der Waals surface area contributed by atoms with Gasteiger partial charge in [0.2, 0.25) is 0 Å². The predicted molar refractivity (Wildman–Crippen MR) is 80.5 cm³/mol. The predicted octanol–water partition coefficient (Wildman–Crippen LogP) is 3.41. The first kappa shape index (κ1) is 17.0. The van der Waals surface area contributed by atoms with E-state index in [2.05, 4.69) is 0 Å². The standard InChI is InChI=1S/C17H26O5/c18-13(5-1-7-16(14(19)20)9-3-10-16)6-2-8-17(15(21)22)11-4-12-17/h1-12H2,(H,19,20)(H,21,22). The van der Waals surface area contributed by atoms with E-state index in [4.69, 9.17) is 0 Å². The van der Waals surface area contributed by atoms with Crippen molar-refractivity contribution < 1.29 is 24.6 Å². The lowest BCUT2D eigenvalue weighted by Crippen LogP contribution is -2.38. The Morgan fingerprint density at radius 2 is 1.09 bits per heavy atom. The zero-order valence-corrected chi connectivity index (χ0v) is 13.1. The summed E-state index contributed by atoms with van der Waals surface area (Å²) in [5.74, 6) is -1.31. The molecular formula is C17H26O5. The summed E-state index contributed by atoms with van der Waals surface area (Å²) in [6.07, 6.45) is 8.18. The summed E-state index contributed by atoms with van der Waals surface area (Å²) in [5, 5.41) is 18.4. The molecule has 124 valence electrons. The van der Waals surface area contributed by atoms with Gasteiger partial charge in [-0.2, -0.15) is 0 Å². The molecule has 0 bridgehead atoms. The van der Waals surface area contributed by atoms with Crippen LogP contribution in [0.25, 0.3) is 0 Å². The number of carbonyl (C=O) groups is 3. The van der Waals surface area contributed by atoms with Gasteiger partial charge in [-0.25, -0.2) is 0 Å². The van der Waals surface area contributed by atoms with Crippen LogP contribution in [0.4, 0.5) is 0 Å². The van der Waals surface area contributed by atoms with Crippen molar-refractivity contribution in [3.63, 3.8) is 0 Å². The molecule has 2 N–H and O–H groups in total. The highest BCUT2D eigenvalue weighted by atomic mass is 16.4. The number of carboxylic acid groups (broad SMARTS) is 2. The van der Waals surface area contributed by atoms with Gasteiger partial charge in [0, 0.05) is 12.8 Å². The molecule has 0 saturated heterocycles. The third-order valence-electron chi connectivity index (χ3n) is 5.75. The van der Waals surface area contributed by atoms with Crippen molar-refractivity contribution in [3.8, 4) is 0 Å². The minimum Gasteiger partial charge on any atom is -0.481 e. The Bertz CT molecular complexity index is 406. The molecule has 0 aromatic carbocycles. The summed E-state index contributed by atoms with van der Waals surface area (Å²) in [4.78, 5) is 34.3. The molecule has 2 aliphatic carbocycles. The molecule has 5 heteroatoms. The summed E-state index contributed by atoms with van der Waals surface area (Å²) >= 11 is 0. The van der Waals surface area contributed by atoms with Gasteiger partial charge < -0.3 is 10.2 Å². The van der Waals surface area contributed by atoms with E-state index < -0.39 is 22.8 Å². The second-order valence-corrected chi connectivity index (χ2v) is 7.12. The Hall–Kier alpha value is -1.39. The van der Waals surface area contributed by atoms with Crippen LogP contribution >= 0.6 is 0 Å². The zero-order valence-electron chi connectivity index (χ0n) is 13.1. The van der Waals surface area contributed by atoms with E-state index in [0.717, 1.165) is 38.5 Å². The van der Waals surface area contributed by atoms with E-state index in [-0.39, 0.29) is 5.78 Å². The van der Waals surface area contributed by atoms with Crippen molar-refractivity contribution in [2.24, 2.45) is 10.8 Å². The molecule has 5 nitrogen and oxygen atoms in total. The highest BCUT2D eigenvalue weighted by Gasteiger charge is 2.44. The molecule has 2 fully saturated rings. The van der Waals surface area contributed by atoms with E-state index in [9.17, 15) is 24.6 Å². The van der Waals surface area contributed by atoms with Gasteiger partial charge in [0.25, 0.3) is 0 Å². The molecule has 0 radical (unpaired) electrons. The highest BCUT2D eigenvalue weighted by molar-refractivity contribution is 5.79. The van der Waals surface area contributed by atoms with Gasteiger partial charge >= 0.3 is 11.9 Å². The third-order valence-corrected chi connectivity index (χ3v) is 5.75. The van der Waals surface area contributed by atoms with Crippen LogP contribution in [-0.4, -0.2) is 27.9 Å². The maximum atomic E-state index is 11.9. The van der Waals surface area contributed by atoms with Crippen molar-refractivity contribution in [1.82, 2.24) is 0 Å². The average molecular weight is 310 g/mol. The fraction of sp³-hybridized carbons (Fsp3) is 0.824. The molecule has 2 rings (SSSR count). The molecule has 22 heavy (non-hydrogen) atoms. The molecule has 0 unspecified atom stereocenters. The number of rotatable bonds is 10. The molecule has 0 aromatic rings. The van der Waals surface area contributed by atoms with Crippen LogP contribution in [0.3, 0.4) is 0 Å². The third kappa shape index (κ3) is 3.50. The molecule has 0 atom stereocenters. The zero-order chi connectivity index (χ0) is 16.2. The molecule has 0 amide bonds. The minimum atomic E-state index is -0.723. The lowest BCUT2D eigenvalue weighted by Gasteiger charge is -2.38. The SMILES string of the molecule is O=C(CCCC1(C(=O)O)CCC1)CCCC1(C(=O)O)CCC1. The van der Waals surface area contributed by atoms with Crippen LogP contribution in [0.5, 0.6) is 0 Å². The smallest absolute Gasteiger partial charge is 0.309 e. The van der Waals surface area contributed by atoms with Crippen molar-refractivity contribution in [1.29, 1.82) is 0 Å². The van der Waals surface area contributed by atoms with E-state index in [0.29, 0.717) is 38.5 Å². The number of hydrogen-bond donors (Lipinski definition) is 2. The maximum absolute atomic E-state index is 11.9. The molecule has 0 aliphatic heterocycles. The molecule has 0 spiro atoms. The highest BCUT2D eigenvalue weighted by Crippen LogP contribution is 2.46. The number of ketones is 1. The summed E-state index contributed by atoms with van der Waals surface area (Å²) in [5.41, 5.74) is -1.14. The first-order chi connectivity index (χ1) is 10.4. The Labute approximate surface area is 131 Å². The Balaban J connectivity index is 1.62. The maximum Gasteiger partial charge on any atom is 0.309 e. The number of hydrogen-bond acceptors (Lipinski definition) is 3. The van der Waals surface area contributed by atoms with Crippen LogP contribution < -0.4 is 0 Å². The van der Waals surface area contributed by atoms with Crippen molar-refractivity contribution in [2.75, 3.05) is 0 Å². The summed E-state index contributed by atoms with van der Waals surface area (Å²) in [6.45, 7) is 0. The fourth-order valence-corrected chi connectivity index (χ4v) is 3.72. The summed E-state index contributed by atoms with van der Waals surface area (Å²) in [7, 11) is 0. The normalized spacial score (nSPS) is 21.5. The summed E-state index contributed by atoms with van der Waals surface area (Å²) < 4.78 is 0. The Morgan fingerprint density at radius 3 is 1.32 bits per heavy atom. The summed E-state index contributed by atoms with van der Waals surface area (Å²) in [6, 6.07) is 0. The second-order valence-electron chi connectivity index (χ2n) is 7.12.